The molecule has 2 aromatic heterocycles. The van der Waals surface area contributed by atoms with E-state index in [0.29, 0.717) is 29.1 Å². The number of primary amides is 1. The Morgan fingerprint density at radius 2 is 2.08 bits per heavy atom. The average Bonchev–Trinajstić information content (AvgIpc) is 3.01. The highest BCUT2D eigenvalue weighted by molar-refractivity contribution is 5.96. The van der Waals surface area contributed by atoms with Crippen LogP contribution < -0.4 is 11.1 Å². The summed E-state index contributed by atoms with van der Waals surface area (Å²) < 4.78 is 13.6. The Bertz CT molecular complexity index is 908. The Morgan fingerprint density at radius 1 is 1.36 bits per heavy atom. The Hall–Kier alpha value is -3.26. The number of rotatable bonds is 4. The summed E-state index contributed by atoms with van der Waals surface area (Å²) in [5, 5.41) is 10.7. The highest BCUT2D eigenvalue weighted by Gasteiger charge is 2.11. The predicted octanol–water partition coefficient (Wildman–Crippen LogP) is 1.89. The number of nitrogens with two attached hydrogens (primary N) is 1. The van der Waals surface area contributed by atoms with E-state index >= 15 is 0 Å². The number of pyridine rings is 1. The molecular formula is C17H17FN4O3. The molecule has 3 rings (SSSR count). The van der Waals surface area contributed by atoms with Crippen molar-refractivity contribution < 1.29 is 19.1 Å². The van der Waals surface area contributed by atoms with Crippen molar-refractivity contribution in [2.24, 2.45) is 5.73 Å². The number of halogens is 1. The summed E-state index contributed by atoms with van der Waals surface area (Å²) in [4.78, 5) is 26.9. The molecule has 130 valence electrons. The van der Waals surface area contributed by atoms with Crippen LogP contribution in [-0.4, -0.2) is 34.5 Å². The molecule has 0 fully saturated rings. The van der Waals surface area contributed by atoms with Gasteiger partial charge >= 0.3 is 0 Å². The van der Waals surface area contributed by atoms with Gasteiger partial charge in [-0.2, -0.15) is 0 Å². The monoisotopic (exact) mass is 344 g/mol. The maximum Gasteiger partial charge on any atom is 0.290 e. The van der Waals surface area contributed by atoms with E-state index in [0.717, 1.165) is 10.9 Å². The maximum absolute atomic E-state index is 13.6. The van der Waals surface area contributed by atoms with Gasteiger partial charge in [-0.1, -0.05) is 6.07 Å². The van der Waals surface area contributed by atoms with Gasteiger partial charge in [0.05, 0.1) is 5.69 Å². The van der Waals surface area contributed by atoms with Crippen LogP contribution in [0.15, 0.2) is 36.4 Å². The third kappa shape index (κ3) is 4.18. The molecule has 25 heavy (non-hydrogen) atoms. The summed E-state index contributed by atoms with van der Waals surface area (Å²) in [5.41, 5.74) is 8.39. The molecule has 1 aromatic carbocycles. The van der Waals surface area contributed by atoms with Crippen LogP contribution in [0.2, 0.25) is 0 Å². The topological polar surface area (TPSA) is 121 Å². The van der Waals surface area contributed by atoms with E-state index in [4.69, 9.17) is 15.6 Å². The molecule has 0 bridgehead atoms. The van der Waals surface area contributed by atoms with E-state index < -0.39 is 5.91 Å². The van der Waals surface area contributed by atoms with Gasteiger partial charge < -0.3 is 21.1 Å². The lowest BCUT2D eigenvalue weighted by molar-refractivity contribution is -0.122. The number of nitrogens with one attached hydrogen (secondary N) is 2. The summed E-state index contributed by atoms with van der Waals surface area (Å²) >= 11 is 0. The van der Waals surface area contributed by atoms with Gasteiger partial charge in [0.25, 0.3) is 12.4 Å². The standard InChI is InChI=1S/C16H15FN4O.CH2O2/c1-19-8-10-2-4-11(17)7-12(10)13-5-3-9-6-14(15(18)22)21-16(9)20-13;2-1-3/h2-7,19H,8H2,1H3,(H2,18,22)(H,20,21);1H,(H,2,3). The zero-order chi connectivity index (χ0) is 18.4. The normalized spacial score (nSPS) is 10.2. The number of aromatic amines is 1. The first kappa shape index (κ1) is 18.1. The van der Waals surface area contributed by atoms with Crippen LogP contribution in [-0.2, 0) is 11.3 Å². The van der Waals surface area contributed by atoms with Crippen LogP contribution in [0.4, 0.5) is 4.39 Å². The molecule has 3 aromatic rings. The molecule has 8 heteroatoms. The summed E-state index contributed by atoms with van der Waals surface area (Å²) in [7, 11) is 1.83. The minimum atomic E-state index is -0.541. The molecule has 0 aliphatic rings. The summed E-state index contributed by atoms with van der Waals surface area (Å²) in [6, 6.07) is 9.89. The zero-order valence-corrected chi connectivity index (χ0v) is 13.4. The van der Waals surface area contributed by atoms with Gasteiger partial charge in [0.15, 0.2) is 0 Å². The Labute approximate surface area is 142 Å². The van der Waals surface area contributed by atoms with Crippen molar-refractivity contribution >= 4 is 23.4 Å². The number of aromatic nitrogens is 2. The average molecular weight is 344 g/mol. The van der Waals surface area contributed by atoms with Crippen molar-refractivity contribution in [3.05, 3.63) is 53.5 Å². The molecular weight excluding hydrogens is 327 g/mol. The largest absolute Gasteiger partial charge is 0.483 e. The second kappa shape index (κ2) is 8.02. The molecule has 0 spiro atoms. The summed E-state index contributed by atoms with van der Waals surface area (Å²) in [6.07, 6.45) is 0. The fourth-order valence-electron chi connectivity index (χ4n) is 2.42. The molecule has 5 N–H and O–H groups in total. The van der Waals surface area contributed by atoms with E-state index in [9.17, 15) is 9.18 Å². The minimum absolute atomic E-state index is 0.250. The first-order chi connectivity index (χ1) is 12.0. The van der Waals surface area contributed by atoms with E-state index in [1.54, 1.807) is 18.2 Å². The molecule has 1 amide bonds. The van der Waals surface area contributed by atoms with Crippen molar-refractivity contribution in [2.75, 3.05) is 7.05 Å². The highest BCUT2D eigenvalue weighted by atomic mass is 19.1. The van der Waals surface area contributed by atoms with Gasteiger partial charge in [-0.3, -0.25) is 9.59 Å². The first-order valence-electron chi connectivity index (χ1n) is 7.31. The number of nitrogens with zero attached hydrogens (tertiary/aromatic N) is 1. The number of hydrogen-bond acceptors (Lipinski definition) is 4. The van der Waals surface area contributed by atoms with E-state index in [-0.39, 0.29) is 12.3 Å². The lowest BCUT2D eigenvalue weighted by atomic mass is 10.0. The second-order valence-electron chi connectivity index (χ2n) is 5.12. The van der Waals surface area contributed by atoms with E-state index in [1.807, 2.05) is 13.1 Å². The fraction of sp³-hybridized carbons (Fsp3) is 0.118. The van der Waals surface area contributed by atoms with E-state index in [2.05, 4.69) is 15.3 Å². The number of fused-ring (bicyclic) bond motifs is 1. The quantitative estimate of drug-likeness (QED) is 0.539. The Morgan fingerprint density at radius 3 is 2.72 bits per heavy atom. The highest BCUT2D eigenvalue weighted by Crippen LogP contribution is 2.25. The second-order valence-corrected chi connectivity index (χ2v) is 5.12. The first-order valence-corrected chi connectivity index (χ1v) is 7.31. The lowest BCUT2D eigenvalue weighted by Crippen LogP contribution is -2.10. The molecule has 0 radical (unpaired) electrons. The maximum atomic E-state index is 13.6. The minimum Gasteiger partial charge on any atom is -0.483 e. The number of H-pyrrole nitrogens is 1. The van der Waals surface area contributed by atoms with Crippen molar-refractivity contribution in [1.29, 1.82) is 0 Å². The summed E-state index contributed by atoms with van der Waals surface area (Å²) in [6.45, 7) is 0.354. The van der Waals surface area contributed by atoms with Gasteiger partial charge in [0.1, 0.15) is 17.2 Å². The van der Waals surface area contributed by atoms with Crippen LogP contribution in [0.1, 0.15) is 16.1 Å². The van der Waals surface area contributed by atoms with Crippen LogP contribution in [0.5, 0.6) is 0 Å². The van der Waals surface area contributed by atoms with E-state index in [1.165, 1.54) is 12.1 Å². The van der Waals surface area contributed by atoms with Gasteiger partial charge in [0, 0.05) is 17.5 Å². The number of carbonyl (C=O) groups is 2. The number of carbonyl (C=O) groups excluding carboxylic acids is 1. The molecule has 0 aliphatic heterocycles. The Balaban J connectivity index is 0.000000701. The molecule has 7 nitrogen and oxygen atoms in total. The zero-order valence-electron chi connectivity index (χ0n) is 13.4. The number of benzene rings is 1. The fourth-order valence-corrected chi connectivity index (χ4v) is 2.42. The third-order valence-electron chi connectivity index (χ3n) is 3.46. The Kier molecular flexibility index (Phi) is 5.80. The van der Waals surface area contributed by atoms with Gasteiger partial charge in [0.2, 0.25) is 0 Å². The third-order valence-corrected chi connectivity index (χ3v) is 3.46. The molecule has 0 aliphatic carbocycles. The summed E-state index contributed by atoms with van der Waals surface area (Å²) in [5.74, 6) is -0.859. The van der Waals surface area contributed by atoms with Crippen LogP contribution in [0, 0.1) is 5.82 Å². The van der Waals surface area contributed by atoms with Crippen LogP contribution in [0.25, 0.3) is 22.3 Å². The molecule has 0 unspecified atom stereocenters. The van der Waals surface area contributed by atoms with Gasteiger partial charge in [-0.15, -0.1) is 0 Å². The number of amides is 1. The lowest BCUT2D eigenvalue weighted by Gasteiger charge is -2.09. The molecule has 0 atom stereocenters. The van der Waals surface area contributed by atoms with Crippen LogP contribution in [0.3, 0.4) is 0 Å². The van der Waals surface area contributed by atoms with Crippen LogP contribution >= 0.6 is 0 Å². The van der Waals surface area contributed by atoms with Crippen molar-refractivity contribution in [1.82, 2.24) is 15.3 Å². The van der Waals surface area contributed by atoms with Crippen molar-refractivity contribution in [3.8, 4) is 11.3 Å². The van der Waals surface area contributed by atoms with Gasteiger partial charge in [-0.25, -0.2) is 9.37 Å². The number of hydrogen-bond donors (Lipinski definition) is 4. The SMILES string of the molecule is CNCc1ccc(F)cc1-c1ccc2cc(C(N)=O)[nH]c2n1.O=CO. The number of carboxylic acid groups (broad SMARTS) is 1. The predicted molar refractivity (Wildman–Crippen MR) is 91.5 cm³/mol. The molecule has 0 saturated heterocycles. The smallest absolute Gasteiger partial charge is 0.290 e. The van der Waals surface area contributed by atoms with Crippen molar-refractivity contribution in [3.63, 3.8) is 0 Å². The molecule has 2 heterocycles. The van der Waals surface area contributed by atoms with Gasteiger partial charge in [-0.05, 0) is 42.9 Å². The van der Waals surface area contributed by atoms with Crippen molar-refractivity contribution in [2.45, 2.75) is 6.54 Å². The molecule has 0 saturated carbocycles.